The lowest BCUT2D eigenvalue weighted by molar-refractivity contribution is 0.641. The first-order valence-electron chi connectivity index (χ1n) is 4.68. The molecule has 0 aromatic heterocycles. The van der Waals surface area contributed by atoms with Crippen LogP contribution in [0.15, 0.2) is 30.3 Å². The summed E-state index contributed by atoms with van der Waals surface area (Å²) in [7, 11) is 0. The quantitative estimate of drug-likeness (QED) is 0.784. The molecule has 0 bridgehead atoms. The maximum atomic E-state index is 3.40. The van der Waals surface area contributed by atoms with Crippen LogP contribution in [0.25, 0.3) is 0 Å². The second kappa shape index (κ2) is 8.27. The molecule has 0 spiro atoms. The predicted octanol–water partition coefficient (Wildman–Crippen LogP) is 3.15. The normalized spacial score (nSPS) is 9.31. The fraction of sp³-hybridized carbons (Fsp3) is 0.455. The summed E-state index contributed by atoms with van der Waals surface area (Å²) in [5, 5.41) is 3.40. The Labute approximate surface area is 91.3 Å². The minimum absolute atomic E-state index is 0. The Balaban J connectivity index is 0.00000144. The van der Waals surface area contributed by atoms with Crippen molar-refractivity contribution in [3.63, 3.8) is 0 Å². The van der Waals surface area contributed by atoms with Gasteiger partial charge in [-0.1, -0.05) is 43.7 Å². The van der Waals surface area contributed by atoms with Gasteiger partial charge in [0.1, 0.15) is 0 Å². The van der Waals surface area contributed by atoms with E-state index in [0.29, 0.717) is 0 Å². The van der Waals surface area contributed by atoms with Crippen LogP contribution in [0.5, 0.6) is 0 Å². The standard InChI is InChI=1S/C11H17N.BrH/c1-2-3-9-12-10-11-7-5-4-6-8-11;/h4-8,12H,2-3,9-10H2,1H3;1H. The molecular formula is C11H18BrN. The molecule has 0 amide bonds. The Morgan fingerprint density at radius 1 is 1.15 bits per heavy atom. The zero-order chi connectivity index (χ0) is 8.65. The molecule has 74 valence electrons. The molecule has 0 saturated heterocycles. The minimum atomic E-state index is 0. The topological polar surface area (TPSA) is 12.0 Å². The average Bonchev–Trinajstić information content (AvgIpc) is 2.14. The van der Waals surface area contributed by atoms with E-state index in [4.69, 9.17) is 0 Å². The number of rotatable bonds is 5. The van der Waals surface area contributed by atoms with Gasteiger partial charge in [-0.3, -0.25) is 0 Å². The van der Waals surface area contributed by atoms with Gasteiger partial charge in [0.05, 0.1) is 0 Å². The van der Waals surface area contributed by atoms with Gasteiger partial charge in [-0.15, -0.1) is 17.0 Å². The van der Waals surface area contributed by atoms with Crippen molar-refractivity contribution in [1.29, 1.82) is 0 Å². The molecule has 1 rings (SSSR count). The van der Waals surface area contributed by atoms with Crippen LogP contribution in [0.4, 0.5) is 0 Å². The van der Waals surface area contributed by atoms with Gasteiger partial charge in [-0.05, 0) is 18.5 Å². The summed E-state index contributed by atoms with van der Waals surface area (Å²) >= 11 is 0. The van der Waals surface area contributed by atoms with Crippen LogP contribution < -0.4 is 5.32 Å². The van der Waals surface area contributed by atoms with Crippen LogP contribution in [0.1, 0.15) is 25.3 Å². The van der Waals surface area contributed by atoms with Crippen LogP contribution in [-0.4, -0.2) is 6.54 Å². The third-order valence-corrected chi connectivity index (χ3v) is 1.88. The molecule has 0 aliphatic rings. The Morgan fingerprint density at radius 2 is 1.85 bits per heavy atom. The summed E-state index contributed by atoms with van der Waals surface area (Å²) in [6, 6.07) is 10.5. The van der Waals surface area contributed by atoms with Gasteiger partial charge in [0.2, 0.25) is 0 Å². The SMILES string of the molecule is Br.CCCCNCc1ccccc1. The first-order chi connectivity index (χ1) is 5.93. The molecule has 0 radical (unpaired) electrons. The highest BCUT2D eigenvalue weighted by Crippen LogP contribution is 1.97. The molecule has 0 saturated carbocycles. The van der Waals surface area contributed by atoms with Crippen LogP contribution in [-0.2, 0) is 6.54 Å². The van der Waals surface area contributed by atoms with E-state index < -0.39 is 0 Å². The summed E-state index contributed by atoms with van der Waals surface area (Å²) in [4.78, 5) is 0. The lowest BCUT2D eigenvalue weighted by Gasteiger charge is -2.02. The fourth-order valence-corrected chi connectivity index (χ4v) is 1.13. The van der Waals surface area contributed by atoms with Crippen LogP contribution in [0.3, 0.4) is 0 Å². The number of hydrogen-bond acceptors (Lipinski definition) is 1. The van der Waals surface area contributed by atoms with Gasteiger partial charge in [-0.25, -0.2) is 0 Å². The molecule has 2 heteroatoms. The minimum Gasteiger partial charge on any atom is -0.313 e. The average molecular weight is 244 g/mol. The van der Waals surface area contributed by atoms with Crippen LogP contribution in [0.2, 0.25) is 0 Å². The van der Waals surface area contributed by atoms with Crippen molar-refractivity contribution in [2.45, 2.75) is 26.3 Å². The van der Waals surface area contributed by atoms with Crippen molar-refractivity contribution in [2.24, 2.45) is 0 Å². The van der Waals surface area contributed by atoms with E-state index in [9.17, 15) is 0 Å². The van der Waals surface area contributed by atoms with E-state index in [2.05, 4.69) is 42.6 Å². The molecule has 0 atom stereocenters. The monoisotopic (exact) mass is 243 g/mol. The second-order valence-corrected chi connectivity index (χ2v) is 3.02. The molecule has 0 aliphatic carbocycles. The highest BCUT2D eigenvalue weighted by atomic mass is 79.9. The maximum Gasteiger partial charge on any atom is 0.0205 e. The third kappa shape index (κ3) is 5.83. The zero-order valence-corrected chi connectivity index (χ0v) is 9.84. The molecule has 0 unspecified atom stereocenters. The number of benzene rings is 1. The van der Waals surface area contributed by atoms with Crippen LogP contribution >= 0.6 is 17.0 Å². The molecule has 0 fully saturated rings. The number of hydrogen-bond donors (Lipinski definition) is 1. The Morgan fingerprint density at radius 3 is 2.46 bits per heavy atom. The highest BCUT2D eigenvalue weighted by molar-refractivity contribution is 8.93. The van der Waals surface area contributed by atoms with Crippen molar-refractivity contribution in [2.75, 3.05) is 6.54 Å². The number of nitrogens with one attached hydrogen (secondary N) is 1. The first kappa shape index (κ1) is 12.7. The summed E-state index contributed by atoms with van der Waals surface area (Å²) in [6.45, 7) is 4.34. The van der Waals surface area contributed by atoms with Gasteiger partial charge in [0, 0.05) is 6.54 Å². The van der Waals surface area contributed by atoms with Crippen LogP contribution in [0, 0.1) is 0 Å². The van der Waals surface area contributed by atoms with E-state index >= 15 is 0 Å². The molecule has 1 aromatic carbocycles. The van der Waals surface area contributed by atoms with Crippen molar-refractivity contribution >= 4 is 17.0 Å². The Kier molecular flexibility index (Phi) is 8.05. The molecule has 1 aromatic rings. The van der Waals surface area contributed by atoms with Gasteiger partial charge in [0.15, 0.2) is 0 Å². The summed E-state index contributed by atoms with van der Waals surface area (Å²) < 4.78 is 0. The number of unbranched alkanes of at least 4 members (excludes halogenated alkanes) is 1. The predicted molar refractivity (Wildman–Crippen MR) is 63.4 cm³/mol. The Bertz CT molecular complexity index is 199. The third-order valence-electron chi connectivity index (χ3n) is 1.88. The zero-order valence-electron chi connectivity index (χ0n) is 8.12. The van der Waals surface area contributed by atoms with E-state index in [1.165, 1.54) is 18.4 Å². The summed E-state index contributed by atoms with van der Waals surface area (Å²) in [5.41, 5.74) is 1.37. The highest BCUT2D eigenvalue weighted by Gasteiger charge is 1.88. The first-order valence-corrected chi connectivity index (χ1v) is 4.68. The fourth-order valence-electron chi connectivity index (χ4n) is 1.13. The maximum absolute atomic E-state index is 3.40. The van der Waals surface area contributed by atoms with Crippen molar-refractivity contribution in [3.8, 4) is 0 Å². The van der Waals surface area contributed by atoms with Gasteiger partial charge < -0.3 is 5.32 Å². The lowest BCUT2D eigenvalue weighted by atomic mass is 10.2. The van der Waals surface area contributed by atoms with Gasteiger partial charge in [0.25, 0.3) is 0 Å². The van der Waals surface area contributed by atoms with Gasteiger partial charge in [-0.2, -0.15) is 0 Å². The largest absolute Gasteiger partial charge is 0.313 e. The van der Waals surface area contributed by atoms with Crippen molar-refractivity contribution < 1.29 is 0 Å². The van der Waals surface area contributed by atoms with E-state index in [0.717, 1.165) is 13.1 Å². The summed E-state index contributed by atoms with van der Waals surface area (Å²) in [6.07, 6.45) is 2.54. The molecule has 0 aliphatic heterocycles. The number of halogens is 1. The Hall–Kier alpha value is -0.340. The molecule has 13 heavy (non-hydrogen) atoms. The van der Waals surface area contributed by atoms with Crippen molar-refractivity contribution in [1.82, 2.24) is 5.32 Å². The molecular weight excluding hydrogens is 226 g/mol. The van der Waals surface area contributed by atoms with E-state index in [1.807, 2.05) is 0 Å². The van der Waals surface area contributed by atoms with Gasteiger partial charge >= 0.3 is 0 Å². The smallest absolute Gasteiger partial charge is 0.0205 e. The summed E-state index contributed by atoms with van der Waals surface area (Å²) in [5.74, 6) is 0. The molecule has 1 nitrogen and oxygen atoms in total. The molecule has 1 N–H and O–H groups in total. The molecule has 0 heterocycles. The van der Waals surface area contributed by atoms with E-state index in [-0.39, 0.29) is 17.0 Å². The van der Waals surface area contributed by atoms with E-state index in [1.54, 1.807) is 0 Å². The lowest BCUT2D eigenvalue weighted by Crippen LogP contribution is -2.14. The second-order valence-electron chi connectivity index (χ2n) is 3.02. The van der Waals surface area contributed by atoms with Crippen molar-refractivity contribution in [3.05, 3.63) is 35.9 Å².